The van der Waals surface area contributed by atoms with Crippen LogP contribution in [-0.2, 0) is 14.8 Å². The molecule has 0 N–H and O–H groups in total. The van der Waals surface area contributed by atoms with Crippen LogP contribution in [0, 0.1) is 16.7 Å². The van der Waals surface area contributed by atoms with Crippen molar-refractivity contribution in [1.82, 2.24) is 9.29 Å². The van der Waals surface area contributed by atoms with Gasteiger partial charge in [0.25, 0.3) is 0 Å². The second kappa shape index (κ2) is 8.47. The summed E-state index contributed by atoms with van der Waals surface area (Å²) in [5.74, 6) is 0.894. The predicted octanol–water partition coefficient (Wildman–Crippen LogP) is 4.82. The molecule has 2 aliphatic rings. The first-order chi connectivity index (χ1) is 14.1. The topological polar surface area (TPSA) is 62.7 Å². The maximum absolute atomic E-state index is 13.0. The molecule has 176 valence electrons. The summed E-state index contributed by atoms with van der Waals surface area (Å²) in [7, 11) is -3.60. The summed E-state index contributed by atoms with van der Waals surface area (Å²) in [6.45, 7) is 18.3. The zero-order valence-electron chi connectivity index (χ0n) is 20.0. The maximum atomic E-state index is 13.0. The molecular formula is C23H38ClN3O3S. The Labute approximate surface area is 193 Å². The standard InChI is InChI=1S/C23H38ClN3O3S/c1-21(2,3)30-14-17-12-27(13-17)31(28,29)18-10-19(24)20(25-11-18)26-9-8-22(4,5)15-23(6,7)16-26/h10-11,17H,8-9,12-16H2,1-7H3. The van der Waals surface area contributed by atoms with E-state index < -0.39 is 10.0 Å². The van der Waals surface area contributed by atoms with Gasteiger partial charge in [0.2, 0.25) is 10.0 Å². The van der Waals surface area contributed by atoms with E-state index in [2.05, 4.69) is 37.6 Å². The Hall–Kier alpha value is -0.890. The third kappa shape index (κ3) is 6.12. The van der Waals surface area contributed by atoms with Gasteiger partial charge >= 0.3 is 0 Å². The lowest BCUT2D eigenvalue weighted by atomic mass is 9.75. The maximum Gasteiger partial charge on any atom is 0.244 e. The van der Waals surface area contributed by atoms with Crippen molar-refractivity contribution in [3.63, 3.8) is 0 Å². The lowest BCUT2D eigenvalue weighted by Gasteiger charge is -2.39. The van der Waals surface area contributed by atoms with Crippen LogP contribution in [0.1, 0.15) is 61.3 Å². The molecule has 2 saturated heterocycles. The minimum Gasteiger partial charge on any atom is -0.375 e. The highest BCUT2D eigenvalue weighted by Gasteiger charge is 2.39. The Bertz CT molecular complexity index is 903. The van der Waals surface area contributed by atoms with Crippen LogP contribution < -0.4 is 4.90 Å². The number of aromatic nitrogens is 1. The second-order valence-electron chi connectivity index (χ2n) is 11.8. The largest absolute Gasteiger partial charge is 0.375 e. The van der Waals surface area contributed by atoms with Crippen molar-refractivity contribution in [3.8, 4) is 0 Å². The van der Waals surface area contributed by atoms with Crippen LogP contribution in [0.15, 0.2) is 17.2 Å². The molecule has 1 aromatic heterocycles. The van der Waals surface area contributed by atoms with E-state index >= 15 is 0 Å². The van der Waals surface area contributed by atoms with Gasteiger partial charge in [-0.1, -0.05) is 39.3 Å². The smallest absolute Gasteiger partial charge is 0.244 e. The third-order valence-electron chi connectivity index (χ3n) is 6.04. The summed E-state index contributed by atoms with van der Waals surface area (Å²) in [5.41, 5.74) is 0.153. The molecule has 2 fully saturated rings. The average molecular weight is 472 g/mol. The summed E-state index contributed by atoms with van der Waals surface area (Å²) in [6.07, 6.45) is 3.62. The Morgan fingerprint density at radius 1 is 1.19 bits per heavy atom. The predicted molar refractivity (Wildman–Crippen MR) is 126 cm³/mol. The van der Waals surface area contributed by atoms with E-state index in [-0.39, 0.29) is 27.2 Å². The second-order valence-corrected chi connectivity index (χ2v) is 14.1. The molecule has 0 atom stereocenters. The molecule has 0 aromatic carbocycles. The molecule has 31 heavy (non-hydrogen) atoms. The lowest BCUT2D eigenvalue weighted by Crippen LogP contribution is -2.52. The number of halogens is 1. The van der Waals surface area contributed by atoms with Gasteiger partial charge in [0.05, 0.1) is 17.2 Å². The molecule has 3 heterocycles. The number of nitrogens with zero attached hydrogens (tertiary/aromatic N) is 3. The number of sulfonamides is 1. The molecule has 1 aromatic rings. The van der Waals surface area contributed by atoms with Crippen LogP contribution >= 0.6 is 11.6 Å². The minimum atomic E-state index is -3.60. The van der Waals surface area contributed by atoms with Crippen molar-refractivity contribution in [2.75, 3.05) is 37.7 Å². The highest BCUT2D eigenvalue weighted by atomic mass is 35.5. The zero-order chi connectivity index (χ0) is 23.2. The SMILES string of the molecule is CC1(C)CCN(c2ncc(S(=O)(=O)N3CC(COC(C)(C)C)C3)cc2Cl)CC(C)(C)C1. The van der Waals surface area contributed by atoms with Crippen molar-refractivity contribution >= 4 is 27.4 Å². The van der Waals surface area contributed by atoms with Crippen LogP contribution in [0.2, 0.25) is 5.02 Å². The molecule has 6 nitrogen and oxygen atoms in total. The molecule has 8 heteroatoms. The molecule has 0 amide bonds. The first kappa shape index (κ1) is 24.7. The van der Waals surface area contributed by atoms with Gasteiger partial charge in [0.1, 0.15) is 10.7 Å². The zero-order valence-corrected chi connectivity index (χ0v) is 21.6. The van der Waals surface area contributed by atoms with E-state index in [4.69, 9.17) is 16.3 Å². The summed E-state index contributed by atoms with van der Waals surface area (Å²) in [6, 6.07) is 1.56. The third-order valence-corrected chi connectivity index (χ3v) is 8.12. The van der Waals surface area contributed by atoms with Crippen LogP contribution in [0.5, 0.6) is 0 Å². The molecule has 0 spiro atoms. The summed E-state index contributed by atoms with van der Waals surface area (Å²) in [4.78, 5) is 6.88. The van der Waals surface area contributed by atoms with Gasteiger partial charge in [-0.15, -0.1) is 0 Å². The highest BCUT2D eigenvalue weighted by Crippen LogP contribution is 2.41. The van der Waals surface area contributed by atoms with Gasteiger partial charge in [-0.3, -0.25) is 0 Å². The van der Waals surface area contributed by atoms with Crippen LogP contribution in [0.25, 0.3) is 0 Å². The molecule has 2 aliphatic heterocycles. The molecular weight excluding hydrogens is 434 g/mol. The van der Waals surface area contributed by atoms with Crippen molar-refractivity contribution in [1.29, 1.82) is 0 Å². The summed E-state index contributed by atoms with van der Waals surface area (Å²) < 4.78 is 33.3. The number of ether oxygens (including phenoxy) is 1. The normalized spacial score (nSPS) is 22.8. The van der Waals surface area contributed by atoms with Crippen molar-refractivity contribution in [2.24, 2.45) is 16.7 Å². The molecule has 0 aliphatic carbocycles. The molecule has 0 radical (unpaired) electrons. The average Bonchev–Trinajstić information content (AvgIpc) is 2.65. The van der Waals surface area contributed by atoms with Crippen LogP contribution in [0.4, 0.5) is 5.82 Å². The highest BCUT2D eigenvalue weighted by molar-refractivity contribution is 7.89. The van der Waals surface area contributed by atoms with Gasteiger partial charge in [-0.05, 0) is 50.5 Å². The van der Waals surface area contributed by atoms with Gasteiger partial charge in [-0.25, -0.2) is 13.4 Å². The van der Waals surface area contributed by atoms with E-state index in [9.17, 15) is 8.42 Å². The van der Waals surface area contributed by atoms with Crippen LogP contribution in [0.3, 0.4) is 0 Å². The fourth-order valence-electron chi connectivity index (χ4n) is 4.78. The van der Waals surface area contributed by atoms with Crippen molar-refractivity contribution < 1.29 is 13.2 Å². The fourth-order valence-corrected chi connectivity index (χ4v) is 6.70. The van der Waals surface area contributed by atoms with Crippen molar-refractivity contribution in [3.05, 3.63) is 17.3 Å². The Morgan fingerprint density at radius 2 is 1.84 bits per heavy atom. The van der Waals surface area contributed by atoms with Gasteiger partial charge in [0.15, 0.2) is 0 Å². The van der Waals surface area contributed by atoms with E-state index in [0.717, 1.165) is 25.9 Å². The molecule has 0 bridgehead atoms. The Morgan fingerprint density at radius 3 is 2.42 bits per heavy atom. The van der Waals surface area contributed by atoms with Gasteiger partial charge in [0, 0.05) is 38.3 Å². The number of hydrogen-bond donors (Lipinski definition) is 0. The van der Waals surface area contributed by atoms with Gasteiger partial charge < -0.3 is 9.64 Å². The van der Waals surface area contributed by atoms with E-state index in [1.54, 1.807) is 6.07 Å². The molecule has 0 saturated carbocycles. The minimum absolute atomic E-state index is 0.123. The number of rotatable bonds is 5. The van der Waals surface area contributed by atoms with Crippen LogP contribution in [-0.4, -0.2) is 56.1 Å². The van der Waals surface area contributed by atoms with Crippen molar-refractivity contribution in [2.45, 2.75) is 71.8 Å². The first-order valence-corrected chi connectivity index (χ1v) is 12.9. The molecule has 0 unspecified atom stereocenters. The first-order valence-electron chi connectivity index (χ1n) is 11.1. The molecule has 3 rings (SSSR count). The number of pyridine rings is 1. The fraction of sp³-hybridized carbons (Fsp3) is 0.783. The van der Waals surface area contributed by atoms with E-state index in [0.29, 0.717) is 30.5 Å². The lowest BCUT2D eigenvalue weighted by molar-refractivity contribution is -0.0419. The van der Waals surface area contributed by atoms with E-state index in [1.165, 1.54) is 10.5 Å². The van der Waals surface area contributed by atoms with Gasteiger partial charge in [-0.2, -0.15) is 4.31 Å². The Kier molecular flexibility index (Phi) is 6.76. The number of hydrogen-bond acceptors (Lipinski definition) is 5. The summed E-state index contributed by atoms with van der Waals surface area (Å²) in [5, 5.41) is 0.393. The van der Waals surface area contributed by atoms with E-state index in [1.807, 2.05) is 20.8 Å². The Balaban J connectivity index is 1.71. The monoisotopic (exact) mass is 471 g/mol. The number of anilines is 1. The summed E-state index contributed by atoms with van der Waals surface area (Å²) >= 11 is 6.57. The quantitative estimate of drug-likeness (QED) is 0.615.